The maximum absolute atomic E-state index is 12.6. The molecule has 0 amide bonds. The fraction of sp³-hybridized carbons (Fsp3) is 0.500. The first kappa shape index (κ1) is 15.7. The molecule has 0 heterocycles. The summed E-state index contributed by atoms with van der Waals surface area (Å²) in [6, 6.07) is 3.53. The van der Waals surface area contributed by atoms with Crippen molar-refractivity contribution < 1.29 is 13.3 Å². The molecule has 1 saturated carbocycles. The van der Waals surface area contributed by atoms with Gasteiger partial charge in [-0.05, 0) is 24.8 Å². The molecule has 1 aromatic rings. The Kier molecular flexibility index (Phi) is 4.45. The molecule has 0 spiro atoms. The Bertz CT molecular complexity index is 643. The molecule has 0 unspecified atom stereocenters. The predicted octanol–water partition coefficient (Wildman–Crippen LogP) is 1.30. The van der Waals surface area contributed by atoms with E-state index in [0.717, 1.165) is 25.3 Å². The monoisotopic (exact) mass is 314 g/mol. The average molecular weight is 314 g/mol. The highest BCUT2D eigenvalue weighted by atomic mass is 32.2. The smallest absolute Gasteiger partial charge is 0.270 e. The summed E-state index contributed by atoms with van der Waals surface area (Å²) in [4.78, 5) is 10.0. The highest BCUT2D eigenvalue weighted by molar-refractivity contribution is 7.89. The molecule has 0 saturated heterocycles. The molecule has 3 N–H and O–H groups in total. The van der Waals surface area contributed by atoms with Gasteiger partial charge in [-0.25, -0.2) is 12.7 Å². The zero-order valence-corrected chi connectivity index (χ0v) is 12.5. The summed E-state index contributed by atoms with van der Waals surface area (Å²) in [7, 11) is -2.34. The molecule has 1 aliphatic carbocycles. The number of nitrogens with one attached hydrogen (secondary N) is 1. The summed E-state index contributed by atoms with van der Waals surface area (Å²) in [6.07, 6.45) is 3.14. The minimum atomic E-state index is -3.82. The van der Waals surface area contributed by atoms with Crippen molar-refractivity contribution in [3.63, 3.8) is 0 Å². The van der Waals surface area contributed by atoms with Crippen LogP contribution in [-0.2, 0) is 10.0 Å². The minimum absolute atomic E-state index is 0.140. The fourth-order valence-corrected chi connectivity index (χ4v) is 3.68. The van der Waals surface area contributed by atoms with Gasteiger partial charge in [-0.3, -0.25) is 16.0 Å². The van der Waals surface area contributed by atoms with E-state index in [0.29, 0.717) is 12.5 Å². The number of hydrogen-bond acceptors (Lipinski definition) is 6. The third-order valence-corrected chi connectivity index (χ3v) is 5.62. The molecule has 8 nitrogen and oxygen atoms in total. The number of nitrogens with zero attached hydrogens (tertiary/aromatic N) is 2. The van der Waals surface area contributed by atoms with Crippen LogP contribution in [0.4, 0.5) is 11.4 Å². The van der Waals surface area contributed by atoms with Gasteiger partial charge in [0, 0.05) is 25.7 Å². The number of rotatable bonds is 6. The molecule has 116 valence electrons. The van der Waals surface area contributed by atoms with E-state index in [-0.39, 0.29) is 16.3 Å². The van der Waals surface area contributed by atoms with E-state index in [4.69, 9.17) is 5.84 Å². The van der Waals surface area contributed by atoms with Gasteiger partial charge in [0.05, 0.1) is 10.6 Å². The number of non-ortho nitro benzene ring substituents is 1. The molecule has 1 aliphatic rings. The first-order valence-corrected chi connectivity index (χ1v) is 8.01. The normalized spacial score (nSPS) is 15.8. The van der Waals surface area contributed by atoms with Crippen molar-refractivity contribution in [2.24, 2.45) is 11.8 Å². The Labute approximate surface area is 123 Å². The number of nitrogen functional groups attached to an aromatic ring is 1. The largest absolute Gasteiger partial charge is 0.323 e. The Morgan fingerprint density at radius 1 is 1.48 bits per heavy atom. The van der Waals surface area contributed by atoms with Crippen molar-refractivity contribution in [3.8, 4) is 0 Å². The molecule has 1 aromatic carbocycles. The van der Waals surface area contributed by atoms with Gasteiger partial charge in [0.15, 0.2) is 0 Å². The van der Waals surface area contributed by atoms with Crippen LogP contribution in [0.2, 0.25) is 0 Å². The maximum Gasteiger partial charge on any atom is 0.270 e. The van der Waals surface area contributed by atoms with Crippen molar-refractivity contribution in [2.45, 2.75) is 24.2 Å². The Morgan fingerprint density at radius 3 is 2.62 bits per heavy atom. The summed E-state index contributed by atoms with van der Waals surface area (Å²) < 4.78 is 26.4. The molecular weight excluding hydrogens is 296 g/mol. The van der Waals surface area contributed by atoms with E-state index in [1.54, 1.807) is 0 Å². The zero-order valence-electron chi connectivity index (χ0n) is 11.7. The van der Waals surface area contributed by atoms with Gasteiger partial charge in [-0.2, -0.15) is 0 Å². The summed E-state index contributed by atoms with van der Waals surface area (Å²) in [6.45, 7) is 0.412. The number of nitro groups is 1. The lowest BCUT2D eigenvalue weighted by molar-refractivity contribution is -0.385. The van der Waals surface area contributed by atoms with Gasteiger partial charge in [0.2, 0.25) is 10.0 Å². The zero-order chi connectivity index (χ0) is 15.6. The maximum atomic E-state index is 12.6. The molecule has 21 heavy (non-hydrogen) atoms. The van der Waals surface area contributed by atoms with E-state index >= 15 is 0 Å². The molecule has 9 heteroatoms. The Morgan fingerprint density at radius 2 is 2.14 bits per heavy atom. The average Bonchev–Trinajstić information content (AvgIpc) is 2.41. The van der Waals surface area contributed by atoms with Gasteiger partial charge < -0.3 is 5.43 Å². The molecular formula is C12H18N4O4S. The third-order valence-electron chi connectivity index (χ3n) is 3.76. The van der Waals surface area contributed by atoms with E-state index in [1.807, 2.05) is 0 Å². The lowest BCUT2D eigenvalue weighted by atomic mass is 9.86. The van der Waals surface area contributed by atoms with Crippen LogP contribution in [0.5, 0.6) is 0 Å². The Hall–Kier alpha value is -1.71. The van der Waals surface area contributed by atoms with Crippen LogP contribution in [-0.4, -0.2) is 31.2 Å². The van der Waals surface area contributed by atoms with Gasteiger partial charge in [0.1, 0.15) is 4.90 Å². The lowest BCUT2D eigenvalue weighted by Gasteiger charge is -2.29. The van der Waals surface area contributed by atoms with E-state index in [2.05, 4.69) is 5.43 Å². The minimum Gasteiger partial charge on any atom is -0.323 e. The molecule has 2 rings (SSSR count). The van der Waals surface area contributed by atoms with Crippen LogP contribution in [0, 0.1) is 16.0 Å². The van der Waals surface area contributed by atoms with Gasteiger partial charge in [-0.1, -0.05) is 6.42 Å². The third kappa shape index (κ3) is 3.14. The van der Waals surface area contributed by atoms with Gasteiger partial charge >= 0.3 is 0 Å². The van der Waals surface area contributed by atoms with Crippen molar-refractivity contribution in [1.82, 2.24) is 4.31 Å². The lowest BCUT2D eigenvalue weighted by Crippen LogP contribution is -2.34. The van der Waals surface area contributed by atoms with E-state index in [9.17, 15) is 18.5 Å². The second-order valence-electron chi connectivity index (χ2n) is 5.16. The summed E-state index contributed by atoms with van der Waals surface area (Å²) in [5, 5.41) is 10.8. The van der Waals surface area contributed by atoms with Crippen molar-refractivity contribution >= 4 is 21.4 Å². The first-order chi connectivity index (χ1) is 9.86. The second-order valence-corrected chi connectivity index (χ2v) is 7.18. The standard InChI is InChI=1S/C12H18N4O4S/c1-15(8-9-3-2-4-9)21(19,20)12-7-10(16(17)18)5-6-11(12)14-13/h5-7,9,14H,2-4,8,13H2,1H3. The summed E-state index contributed by atoms with van der Waals surface area (Å²) in [5.41, 5.74) is 2.13. The number of nitro benzene ring substituents is 1. The number of hydrazine groups is 1. The number of benzene rings is 1. The SMILES string of the molecule is CN(CC1CCC1)S(=O)(=O)c1cc([N+](=O)[O-])ccc1NN. The summed E-state index contributed by atoms with van der Waals surface area (Å²) in [5.74, 6) is 5.67. The quantitative estimate of drug-likeness (QED) is 0.464. The van der Waals surface area contributed by atoms with Crippen molar-refractivity contribution in [3.05, 3.63) is 28.3 Å². The number of anilines is 1. The van der Waals surface area contributed by atoms with Crippen molar-refractivity contribution in [1.29, 1.82) is 0 Å². The second kappa shape index (κ2) is 5.96. The number of sulfonamides is 1. The molecule has 0 aromatic heterocycles. The number of hydrogen-bond donors (Lipinski definition) is 2. The van der Waals surface area contributed by atoms with Gasteiger partial charge in [0.25, 0.3) is 5.69 Å². The Balaban J connectivity index is 2.36. The fourth-order valence-electron chi connectivity index (χ4n) is 2.26. The molecule has 0 aliphatic heterocycles. The molecule has 0 radical (unpaired) electrons. The van der Waals surface area contributed by atoms with Crippen LogP contribution in [0.25, 0.3) is 0 Å². The number of nitrogens with two attached hydrogens (primary N) is 1. The van der Waals surface area contributed by atoms with Crippen LogP contribution in [0.1, 0.15) is 19.3 Å². The van der Waals surface area contributed by atoms with Crippen LogP contribution in [0.3, 0.4) is 0 Å². The molecule has 0 bridgehead atoms. The van der Waals surface area contributed by atoms with Crippen LogP contribution in [0.15, 0.2) is 23.1 Å². The van der Waals surface area contributed by atoms with E-state index in [1.165, 1.54) is 23.5 Å². The first-order valence-electron chi connectivity index (χ1n) is 6.57. The predicted molar refractivity (Wildman–Crippen MR) is 78.1 cm³/mol. The van der Waals surface area contributed by atoms with Gasteiger partial charge in [-0.15, -0.1) is 0 Å². The molecule has 0 atom stereocenters. The van der Waals surface area contributed by atoms with Crippen LogP contribution < -0.4 is 11.3 Å². The van der Waals surface area contributed by atoms with Crippen molar-refractivity contribution in [2.75, 3.05) is 19.0 Å². The van der Waals surface area contributed by atoms with Crippen LogP contribution >= 0.6 is 0 Å². The highest BCUT2D eigenvalue weighted by Gasteiger charge is 2.29. The molecule has 1 fully saturated rings. The summed E-state index contributed by atoms with van der Waals surface area (Å²) >= 11 is 0. The highest BCUT2D eigenvalue weighted by Crippen LogP contribution is 2.31. The van der Waals surface area contributed by atoms with E-state index < -0.39 is 14.9 Å². The topological polar surface area (TPSA) is 119 Å².